The van der Waals surface area contributed by atoms with Crippen LogP contribution in [0.15, 0.2) is 84.0 Å². The molecule has 0 fully saturated rings. The van der Waals surface area contributed by atoms with E-state index in [0.717, 1.165) is 5.56 Å². The number of carbonyl (C=O) groups excluding carboxylic acids is 1. The van der Waals surface area contributed by atoms with Gasteiger partial charge in [-0.1, -0.05) is 53.7 Å². The molecule has 0 saturated carbocycles. The van der Waals surface area contributed by atoms with Gasteiger partial charge in [0.15, 0.2) is 5.71 Å². The number of oxime groups is 1. The second-order valence-corrected chi connectivity index (χ2v) is 6.05. The number of carbonyl (C=O) groups is 1. The van der Waals surface area contributed by atoms with Crippen molar-refractivity contribution in [3.8, 4) is 17.2 Å². The molecule has 0 aliphatic heterocycles. The average molecular weight is 390 g/mol. The van der Waals surface area contributed by atoms with Crippen molar-refractivity contribution in [2.45, 2.75) is 6.61 Å². The molecule has 0 unspecified atom stereocenters. The van der Waals surface area contributed by atoms with Crippen molar-refractivity contribution < 1.29 is 19.1 Å². The van der Waals surface area contributed by atoms with E-state index in [1.54, 1.807) is 24.3 Å². The monoisotopic (exact) mass is 390 g/mol. The Bertz CT molecular complexity index is 987. The fraction of sp³-hybridized carbons (Fsp3) is 0.130. The number of amides is 1. The highest BCUT2D eigenvalue weighted by Crippen LogP contribution is 2.29. The van der Waals surface area contributed by atoms with Crippen LogP contribution in [-0.2, 0) is 16.2 Å². The Balaban J connectivity index is 1.80. The zero-order chi connectivity index (χ0) is 20.5. The Hall–Kier alpha value is -3.80. The summed E-state index contributed by atoms with van der Waals surface area (Å²) < 4.78 is 11.9. The Morgan fingerprint density at radius 3 is 2.41 bits per heavy atom. The Labute approximate surface area is 169 Å². The normalized spacial score (nSPS) is 10.9. The summed E-state index contributed by atoms with van der Waals surface area (Å²) in [5.74, 6) is 1.37. The smallest absolute Gasteiger partial charge is 0.273 e. The molecule has 1 N–H and O–H groups in total. The summed E-state index contributed by atoms with van der Waals surface area (Å²) in [6.07, 6.45) is 0. The van der Waals surface area contributed by atoms with Gasteiger partial charge in [0.1, 0.15) is 31.0 Å². The second kappa shape index (κ2) is 9.94. The van der Waals surface area contributed by atoms with Crippen LogP contribution in [0.1, 0.15) is 11.1 Å². The first-order valence-electron chi connectivity index (χ1n) is 9.08. The maximum absolute atomic E-state index is 12.2. The van der Waals surface area contributed by atoms with Crippen LogP contribution in [0, 0.1) is 0 Å². The molecule has 1 amide bonds. The van der Waals surface area contributed by atoms with E-state index in [-0.39, 0.29) is 11.6 Å². The standard InChI is InChI=1S/C23H22N2O4/c1-24-23(26)22(25-27-2)20-13-6-7-14-21(20)29-19-12-8-11-18(15-19)28-16-17-9-4-3-5-10-17/h3-15H,16H2,1-2H3,(H,24,26)/b25-22+. The zero-order valence-corrected chi connectivity index (χ0v) is 16.3. The summed E-state index contributed by atoms with van der Waals surface area (Å²) in [7, 11) is 2.92. The molecule has 0 aliphatic carbocycles. The summed E-state index contributed by atoms with van der Waals surface area (Å²) in [5.41, 5.74) is 1.72. The Morgan fingerprint density at radius 2 is 1.66 bits per heavy atom. The molecular formula is C23H22N2O4. The molecule has 3 rings (SSSR count). The van der Waals surface area contributed by atoms with Gasteiger partial charge < -0.3 is 19.6 Å². The van der Waals surface area contributed by atoms with E-state index >= 15 is 0 Å². The molecule has 0 saturated heterocycles. The number of hydrogen-bond acceptors (Lipinski definition) is 5. The zero-order valence-electron chi connectivity index (χ0n) is 16.3. The predicted octanol–water partition coefficient (Wildman–Crippen LogP) is 4.15. The molecule has 148 valence electrons. The highest BCUT2D eigenvalue weighted by molar-refractivity contribution is 6.45. The third-order valence-corrected chi connectivity index (χ3v) is 4.05. The van der Waals surface area contributed by atoms with E-state index in [1.165, 1.54) is 14.2 Å². The van der Waals surface area contributed by atoms with Gasteiger partial charge in [0, 0.05) is 13.1 Å². The van der Waals surface area contributed by atoms with Crippen molar-refractivity contribution in [1.82, 2.24) is 5.32 Å². The van der Waals surface area contributed by atoms with Gasteiger partial charge in [-0.3, -0.25) is 4.79 Å². The number of para-hydroxylation sites is 1. The highest BCUT2D eigenvalue weighted by Gasteiger charge is 2.18. The minimum atomic E-state index is -0.372. The predicted molar refractivity (Wildman–Crippen MR) is 111 cm³/mol. The minimum Gasteiger partial charge on any atom is -0.489 e. The molecule has 6 heteroatoms. The average Bonchev–Trinajstić information content (AvgIpc) is 2.77. The van der Waals surface area contributed by atoms with Gasteiger partial charge in [-0.25, -0.2) is 0 Å². The van der Waals surface area contributed by atoms with Gasteiger partial charge >= 0.3 is 0 Å². The molecule has 0 aliphatic rings. The topological polar surface area (TPSA) is 69.2 Å². The van der Waals surface area contributed by atoms with Gasteiger partial charge in [0.2, 0.25) is 0 Å². The van der Waals surface area contributed by atoms with E-state index in [9.17, 15) is 4.79 Å². The Morgan fingerprint density at radius 1 is 0.931 bits per heavy atom. The summed E-state index contributed by atoms with van der Waals surface area (Å²) in [6, 6.07) is 24.4. The third-order valence-electron chi connectivity index (χ3n) is 4.05. The van der Waals surface area contributed by atoms with Crippen LogP contribution >= 0.6 is 0 Å². The number of benzene rings is 3. The lowest BCUT2D eigenvalue weighted by Gasteiger charge is -2.13. The molecule has 0 bridgehead atoms. The molecule has 0 heterocycles. The first-order valence-corrected chi connectivity index (χ1v) is 9.08. The number of nitrogens with one attached hydrogen (secondary N) is 1. The lowest BCUT2D eigenvalue weighted by molar-refractivity contribution is -0.114. The van der Waals surface area contributed by atoms with Gasteiger partial charge in [0.25, 0.3) is 5.91 Å². The van der Waals surface area contributed by atoms with Crippen LogP contribution < -0.4 is 14.8 Å². The maximum atomic E-state index is 12.2. The first kappa shape index (κ1) is 19.9. The third kappa shape index (κ3) is 5.35. The van der Waals surface area contributed by atoms with Crippen LogP contribution in [0.2, 0.25) is 0 Å². The fourth-order valence-electron chi connectivity index (χ4n) is 2.67. The van der Waals surface area contributed by atoms with Crippen molar-refractivity contribution in [3.63, 3.8) is 0 Å². The summed E-state index contributed by atoms with van der Waals surface area (Å²) >= 11 is 0. The van der Waals surface area contributed by atoms with Gasteiger partial charge in [0.05, 0.1) is 5.56 Å². The van der Waals surface area contributed by atoms with Crippen molar-refractivity contribution in [3.05, 3.63) is 90.0 Å². The molecule has 0 radical (unpaired) electrons. The molecule has 0 aromatic heterocycles. The minimum absolute atomic E-state index is 0.127. The van der Waals surface area contributed by atoms with Gasteiger partial charge in [-0.15, -0.1) is 0 Å². The molecule has 3 aromatic rings. The number of hydrogen-bond donors (Lipinski definition) is 1. The highest BCUT2D eigenvalue weighted by atomic mass is 16.6. The quantitative estimate of drug-likeness (QED) is 0.463. The van der Waals surface area contributed by atoms with Gasteiger partial charge in [-0.05, 0) is 29.8 Å². The number of rotatable bonds is 8. The maximum Gasteiger partial charge on any atom is 0.273 e. The summed E-state index contributed by atoms with van der Waals surface area (Å²) in [4.78, 5) is 17.0. The lowest BCUT2D eigenvalue weighted by atomic mass is 10.1. The fourth-order valence-corrected chi connectivity index (χ4v) is 2.67. The number of ether oxygens (including phenoxy) is 2. The first-order chi connectivity index (χ1) is 14.2. The molecule has 29 heavy (non-hydrogen) atoms. The van der Waals surface area contributed by atoms with Crippen LogP contribution in [-0.4, -0.2) is 25.8 Å². The number of nitrogens with zero attached hydrogens (tertiary/aromatic N) is 1. The summed E-state index contributed by atoms with van der Waals surface area (Å²) in [5, 5.41) is 6.40. The molecule has 3 aromatic carbocycles. The lowest BCUT2D eigenvalue weighted by Crippen LogP contribution is -2.28. The second-order valence-electron chi connectivity index (χ2n) is 6.05. The summed E-state index contributed by atoms with van der Waals surface area (Å²) in [6.45, 7) is 0.461. The van der Waals surface area contributed by atoms with E-state index in [1.807, 2.05) is 54.6 Å². The van der Waals surface area contributed by atoms with E-state index in [2.05, 4.69) is 10.5 Å². The Kier molecular flexibility index (Phi) is 6.84. The largest absolute Gasteiger partial charge is 0.489 e. The van der Waals surface area contributed by atoms with E-state index < -0.39 is 0 Å². The van der Waals surface area contributed by atoms with Crippen LogP contribution in [0.5, 0.6) is 17.2 Å². The van der Waals surface area contributed by atoms with Crippen LogP contribution in [0.3, 0.4) is 0 Å². The van der Waals surface area contributed by atoms with Crippen LogP contribution in [0.4, 0.5) is 0 Å². The molecule has 0 atom stereocenters. The van der Waals surface area contributed by atoms with Crippen molar-refractivity contribution in [1.29, 1.82) is 0 Å². The van der Waals surface area contributed by atoms with Crippen LogP contribution in [0.25, 0.3) is 0 Å². The van der Waals surface area contributed by atoms with Crippen molar-refractivity contribution >= 4 is 11.6 Å². The van der Waals surface area contributed by atoms with E-state index in [4.69, 9.17) is 14.3 Å². The SMILES string of the molecule is CNC(=O)/C(=N/OC)c1ccccc1Oc1cccc(OCc2ccccc2)c1. The number of likely N-dealkylation sites (N-methyl/N-ethyl adjacent to an activating group) is 1. The van der Waals surface area contributed by atoms with Crippen molar-refractivity contribution in [2.24, 2.45) is 5.16 Å². The van der Waals surface area contributed by atoms with E-state index in [0.29, 0.717) is 29.4 Å². The molecular weight excluding hydrogens is 368 g/mol. The van der Waals surface area contributed by atoms with Gasteiger partial charge in [-0.2, -0.15) is 0 Å². The molecule has 6 nitrogen and oxygen atoms in total. The molecule has 0 spiro atoms. The van der Waals surface area contributed by atoms with Crippen molar-refractivity contribution in [2.75, 3.05) is 14.2 Å².